The van der Waals surface area contributed by atoms with E-state index in [1.165, 1.54) is 17.8 Å². The smallest absolute Gasteiger partial charge is 0.174 e. The lowest BCUT2D eigenvalue weighted by molar-refractivity contribution is 0.0916. The molecule has 0 aliphatic heterocycles. The predicted molar refractivity (Wildman–Crippen MR) is 54.0 cm³/mol. The molecule has 1 saturated carbocycles. The van der Waals surface area contributed by atoms with Crippen molar-refractivity contribution >= 4 is 17.1 Å². The summed E-state index contributed by atoms with van der Waals surface area (Å²) in [5.41, 5.74) is 5.81. The molecule has 1 aliphatic carbocycles. The summed E-state index contributed by atoms with van der Waals surface area (Å²) in [5, 5.41) is 1.93. The maximum atomic E-state index is 11.6. The summed E-state index contributed by atoms with van der Waals surface area (Å²) >= 11 is 1.50. The quantitative estimate of drug-likeness (QED) is 0.751. The fourth-order valence-corrected chi connectivity index (χ4v) is 2.32. The molecule has 13 heavy (non-hydrogen) atoms. The van der Waals surface area contributed by atoms with Crippen molar-refractivity contribution in [1.29, 1.82) is 0 Å². The molecule has 0 saturated heterocycles. The number of Topliss-reactive ketones (excluding diaryl/α,β-unsaturated/α-hetero) is 1. The van der Waals surface area contributed by atoms with E-state index in [4.69, 9.17) is 5.73 Å². The van der Waals surface area contributed by atoms with Crippen LogP contribution in [0.1, 0.15) is 35.4 Å². The van der Waals surface area contributed by atoms with Crippen LogP contribution in [0.5, 0.6) is 0 Å². The Balaban J connectivity index is 1.99. The summed E-state index contributed by atoms with van der Waals surface area (Å²) in [6.45, 7) is 0. The van der Waals surface area contributed by atoms with Crippen LogP contribution < -0.4 is 5.73 Å². The van der Waals surface area contributed by atoms with Gasteiger partial charge in [-0.25, -0.2) is 0 Å². The van der Waals surface area contributed by atoms with E-state index in [-0.39, 0.29) is 11.3 Å². The number of carbonyl (C=O) groups excluding carboxylic acids is 1. The Morgan fingerprint density at radius 3 is 2.85 bits per heavy atom. The van der Waals surface area contributed by atoms with Crippen LogP contribution in [0.4, 0.5) is 0 Å². The standard InChI is InChI=1S/C10H13NOS/c11-10(4-2-5-10)7-8(12)9-3-1-6-13-9/h1,3,6H,2,4-5,7,11H2. The summed E-state index contributed by atoms with van der Waals surface area (Å²) in [5.74, 6) is 0.206. The first-order chi connectivity index (χ1) is 6.20. The topological polar surface area (TPSA) is 43.1 Å². The van der Waals surface area contributed by atoms with Gasteiger partial charge in [0.1, 0.15) is 0 Å². The van der Waals surface area contributed by atoms with Gasteiger partial charge in [0.05, 0.1) is 4.88 Å². The van der Waals surface area contributed by atoms with Crippen LogP contribution in [0.25, 0.3) is 0 Å². The lowest BCUT2D eigenvalue weighted by Crippen LogP contribution is -2.47. The molecule has 1 heterocycles. The lowest BCUT2D eigenvalue weighted by atomic mass is 9.74. The number of thiophene rings is 1. The lowest BCUT2D eigenvalue weighted by Gasteiger charge is -2.37. The SMILES string of the molecule is NC1(CC(=O)c2cccs2)CCC1. The van der Waals surface area contributed by atoms with Crippen molar-refractivity contribution in [3.63, 3.8) is 0 Å². The van der Waals surface area contributed by atoms with E-state index >= 15 is 0 Å². The number of hydrogen-bond donors (Lipinski definition) is 1. The average Bonchev–Trinajstić information content (AvgIpc) is 2.53. The number of hydrogen-bond acceptors (Lipinski definition) is 3. The molecule has 2 N–H and O–H groups in total. The molecule has 2 rings (SSSR count). The first-order valence-electron chi connectivity index (χ1n) is 4.55. The Bertz CT molecular complexity index is 301. The number of ketones is 1. The van der Waals surface area contributed by atoms with Crippen molar-refractivity contribution in [2.24, 2.45) is 5.73 Å². The fraction of sp³-hybridized carbons (Fsp3) is 0.500. The number of rotatable bonds is 3. The van der Waals surface area contributed by atoms with Crippen LogP contribution in [0.2, 0.25) is 0 Å². The molecule has 0 atom stereocenters. The van der Waals surface area contributed by atoms with Gasteiger partial charge in [0.25, 0.3) is 0 Å². The Labute approximate surface area is 81.8 Å². The van der Waals surface area contributed by atoms with Gasteiger partial charge in [-0.2, -0.15) is 0 Å². The van der Waals surface area contributed by atoms with Gasteiger partial charge in [-0.3, -0.25) is 4.79 Å². The van der Waals surface area contributed by atoms with Crippen LogP contribution in [0.3, 0.4) is 0 Å². The van der Waals surface area contributed by atoms with Crippen LogP contribution in [-0.4, -0.2) is 11.3 Å². The summed E-state index contributed by atoms with van der Waals surface area (Å²) in [6, 6.07) is 3.77. The van der Waals surface area contributed by atoms with E-state index in [1.54, 1.807) is 0 Å². The largest absolute Gasteiger partial charge is 0.325 e. The molecule has 0 spiro atoms. The van der Waals surface area contributed by atoms with Crippen LogP contribution in [0.15, 0.2) is 17.5 Å². The highest BCUT2D eigenvalue weighted by atomic mass is 32.1. The zero-order valence-electron chi connectivity index (χ0n) is 7.45. The highest BCUT2D eigenvalue weighted by molar-refractivity contribution is 7.12. The van der Waals surface area contributed by atoms with Crippen molar-refractivity contribution in [2.45, 2.75) is 31.2 Å². The van der Waals surface area contributed by atoms with Crippen molar-refractivity contribution in [3.05, 3.63) is 22.4 Å². The summed E-state index contributed by atoms with van der Waals surface area (Å²) < 4.78 is 0. The van der Waals surface area contributed by atoms with E-state index < -0.39 is 0 Å². The van der Waals surface area contributed by atoms with E-state index in [9.17, 15) is 4.79 Å². The molecular formula is C10H13NOS. The number of nitrogens with two attached hydrogens (primary N) is 1. The van der Waals surface area contributed by atoms with Crippen LogP contribution in [0, 0.1) is 0 Å². The van der Waals surface area contributed by atoms with E-state index in [0.29, 0.717) is 6.42 Å². The minimum Gasteiger partial charge on any atom is -0.325 e. The van der Waals surface area contributed by atoms with Crippen molar-refractivity contribution in [1.82, 2.24) is 0 Å². The molecule has 1 aromatic heterocycles. The Morgan fingerprint density at radius 1 is 1.62 bits per heavy atom. The predicted octanol–water partition coefficient (Wildman–Crippen LogP) is 2.20. The maximum absolute atomic E-state index is 11.6. The third-order valence-corrected chi connectivity index (χ3v) is 3.57. The van der Waals surface area contributed by atoms with Crippen molar-refractivity contribution < 1.29 is 4.79 Å². The molecule has 3 heteroatoms. The minimum absolute atomic E-state index is 0.179. The van der Waals surface area contributed by atoms with Gasteiger partial charge in [0, 0.05) is 12.0 Å². The van der Waals surface area contributed by atoms with E-state index in [2.05, 4.69) is 0 Å². The van der Waals surface area contributed by atoms with Gasteiger partial charge in [-0.05, 0) is 30.7 Å². The molecule has 0 radical (unpaired) electrons. The highest BCUT2D eigenvalue weighted by Crippen LogP contribution is 2.33. The van der Waals surface area contributed by atoms with Gasteiger partial charge in [0.2, 0.25) is 0 Å². The number of carbonyl (C=O) groups is 1. The maximum Gasteiger partial charge on any atom is 0.174 e. The Kier molecular flexibility index (Phi) is 2.22. The molecule has 0 aromatic carbocycles. The van der Waals surface area contributed by atoms with Crippen LogP contribution in [-0.2, 0) is 0 Å². The second-order valence-electron chi connectivity index (χ2n) is 3.79. The minimum atomic E-state index is -0.179. The van der Waals surface area contributed by atoms with Gasteiger partial charge < -0.3 is 5.73 Å². The second-order valence-corrected chi connectivity index (χ2v) is 4.74. The van der Waals surface area contributed by atoms with Crippen molar-refractivity contribution in [3.8, 4) is 0 Å². The molecule has 0 bridgehead atoms. The third kappa shape index (κ3) is 1.81. The summed E-state index contributed by atoms with van der Waals surface area (Å²) in [6.07, 6.45) is 3.70. The molecule has 1 fully saturated rings. The Morgan fingerprint density at radius 2 is 2.38 bits per heavy atom. The average molecular weight is 195 g/mol. The molecule has 70 valence electrons. The molecule has 0 amide bonds. The third-order valence-electron chi connectivity index (χ3n) is 2.66. The zero-order valence-corrected chi connectivity index (χ0v) is 8.27. The Hall–Kier alpha value is -0.670. The van der Waals surface area contributed by atoms with Gasteiger partial charge >= 0.3 is 0 Å². The molecule has 0 unspecified atom stereocenters. The van der Waals surface area contributed by atoms with E-state index in [0.717, 1.165) is 17.7 Å². The van der Waals surface area contributed by atoms with Crippen molar-refractivity contribution in [2.75, 3.05) is 0 Å². The first kappa shape index (κ1) is 8.91. The van der Waals surface area contributed by atoms with E-state index in [1.807, 2.05) is 17.5 Å². The molecule has 2 nitrogen and oxygen atoms in total. The highest BCUT2D eigenvalue weighted by Gasteiger charge is 2.34. The van der Waals surface area contributed by atoms with Gasteiger partial charge in [-0.15, -0.1) is 11.3 Å². The normalized spacial score (nSPS) is 19.5. The zero-order chi connectivity index (χ0) is 9.31. The molecule has 1 aliphatic rings. The summed E-state index contributed by atoms with van der Waals surface area (Å²) in [7, 11) is 0. The van der Waals surface area contributed by atoms with Gasteiger partial charge in [-0.1, -0.05) is 6.07 Å². The van der Waals surface area contributed by atoms with Gasteiger partial charge in [0.15, 0.2) is 5.78 Å². The van der Waals surface area contributed by atoms with Crippen LogP contribution >= 0.6 is 11.3 Å². The second kappa shape index (κ2) is 3.24. The first-order valence-corrected chi connectivity index (χ1v) is 5.43. The fourth-order valence-electron chi connectivity index (χ4n) is 1.65. The molecular weight excluding hydrogens is 182 g/mol. The monoisotopic (exact) mass is 195 g/mol. The summed E-state index contributed by atoms with van der Waals surface area (Å²) in [4.78, 5) is 12.5. The molecule has 1 aromatic rings.